The van der Waals surface area contributed by atoms with Crippen molar-refractivity contribution in [1.29, 1.82) is 0 Å². The Kier molecular flexibility index (Phi) is 5.31. The Morgan fingerprint density at radius 3 is 2.76 bits per heavy atom. The smallest absolute Gasteiger partial charge is 0.189 e. The largest absolute Gasteiger partial charge is 0.507 e. The molecule has 0 unspecified atom stereocenters. The summed E-state index contributed by atoms with van der Waals surface area (Å²) in [5, 5.41) is 15.3. The van der Waals surface area contributed by atoms with Crippen LogP contribution in [0.1, 0.15) is 26.4 Å². The van der Waals surface area contributed by atoms with Crippen molar-refractivity contribution < 1.29 is 9.90 Å². The Labute approximate surface area is 151 Å². The van der Waals surface area contributed by atoms with Gasteiger partial charge in [-0.1, -0.05) is 30.3 Å². The number of aryl methyl sites for hydroxylation is 1. The third-order valence-corrected chi connectivity index (χ3v) is 4.73. The van der Waals surface area contributed by atoms with E-state index in [1.807, 2.05) is 54.8 Å². The highest BCUT2D eigenvalue weighted by molar-refractivity contribution is 7.10. The Morgan fingerprint density at radius 1 is 1.16 bits per heavy atom. The second kappa shape index (κ2) is 7.81. The van der Waals surface area contributed by atoms with Crippen molar-refractivity contribution in [3.63, 3.8) is 0 Å². The third kappa shape index (κ3) is 4.37. The van der Waals surface area contributed by atoms with Crippen LogP contribution in [-0.4, -0.2) is 10.9 Å². The van der Waals surface area contributed by atoms with E-state index < -0.39 is 0 Å². The van der Waals surface area contributed by atoms with Gasteiger partial charge in [0.05, 0.1) is 5.56 Å². The summed E-state index contributed by atoms with van der Waals surface area (Å²) in [5.74, 6) is -0.205. The SMILES string of the molecule is Cc1ccccc1NCc1ccc(O)c(C(=O)/C=C/c2cccs2)c1. The maximum atomic E-state index is 12.4. The van der Waals surface area contributed by atoms with Gasteiger partial charge in [-0.2, -0.15) is 0 Å². The number of hydrogen-bond donors (Lipinski definition) is 2. The number of para-hydroxylation sites is 1. The first-order valence-electron chi connectivity index (χ1n) is 8.01. The number of nitrogens with one attached hydrogen (secondary N) is 1. The highest BCUT2D eigenvalue weighted by Crippen LogP contribution is 2.22. The Morgan fingerprint density at radius 2 is 2.00 bits per heavy atom. The molecule has 4 heteroatoms. The van der Waals surface area contributed by atoms with Crippen LogP contribution in [0, 0.1) is 6.92 Å². The van der Waals surface area contributed by atoms with Gasteiger partial charge in [0.15, 0.2) is 5.78 Å². The van der Waals surface area contributed by atoms with Crippen LogP contribution in [0.4, 0.5) is 5.69 Å². The molecule has 0 aliphatic heterocycles. The molecule has 1 heterocycles. The quantitative estimate of drug-likeness (QED) is 0.471. The van der Waals surface area contributed by atoms with Gasteiger partial charge in [-0.3, -0.25) is 4.79 Å². The second-order valence-corrected chi connectivity index (χ2v) is 6.71. The number of benzene rings is 2. The van der Waals surface area contributed by atoms with Crippen LogP contribution in [0.5, 0.6) is 5.75 Å². The summed E-state index contributed by atoms with van der Waals surface area (Å²) >= 11 is 1.56. The van der Waals surface area contributed by atoms with E-state index in [1.165, 1.54) is 6.08 Å². The summed E-state index contributed by atoms with van der Waals surface area (Å²) in [4.78, 5) is 13.4. The number of thiophene rings is 1. The summed E-state index contributed by atoms with van der Waals surface area (Å²) in [7, 11) is 0. The van der Waals surface area contributed by atoms with Gasteiger partial charge in [0.25, 0.3) is 0 Å². The number of ketones is 1. The Balaban J connectivity index is 1.74. The van der Waals surface area contributed by atoms with Crippen LogP contribution in [-0.2, 0) is 6.54 Å². The summed E-state index contributed by atoms with van der Waals surface area (Å²) in [6.45, 7) is 2.63. The molecule has 25 heavy (non-hydrogen) atoms. The molecule has 0 fully saturated rings. The number of anilines is 1. The summed E-state index contributed by atoms with van der Waals surface area (Å²) in [5.41, 5.74) is 3.48. The molecule has 3 rings (SSSR count). The van der Waals surface area contributed by atoms with Crippen molar-refractivity contribution in [2.24, 2.45) is 0 Å². The molecule has 0 aliphatic carbocycles. The normalized spacial score (nSPS) is 10.9. The van der Waals surface area contributed by atoms with Crippen LogP contribution in [0.25, 0.3) is 6.08 Å². The van der Waals surface area contributed by atoms with Gasteiger partial charge in [-0.05, 0) is 59.8 Å². The number of carbonyl (C=O) groups is 1. The summed E-state index contributed by atoms with van der Waals surface area (Å²) in [6, 6.07) is 17.0. The fourth-order valence-electron chi connectivity index (χ4n) is 2.49. The molecule has 0 radical (unpaired) electrons. The molecular formula is C21H19NO2S. The van der Waals surface area contributed by atoms with Crippen LogP contribution in [0.3, 0.4) is 0 Å². The number of phenolic OH excluding ortho intramolecular Hbond substituents is 1. The molecule has 2 aromatic carbocycles. The first-order chi connectivity index (χ1) is 12.1. The molecule has 0 amide bonds. The number of hydrogen-bond acceptors (Lipinski definition) is 4. The van der Waals surface area contributed by atoms with E-state index in [1.54, 1.807) is 29.5 Å². The maximum absolute atomic E-state index is 12.4. The van der Waals surface area contributed by atoms with Gasteiger partial charge in [0.1, 0.15) is 5.75 Å². The average Bonchev–Trinajstić information content (AvgIpc) is 3.14. The predicted octanol–water partition coefficient (Wildman–Crippen LogP) is 5.27. The molecule has 3 nitrogen and oxygen atoms in total. The van der Waals surface area contributed by atoms with Crippen LogP contribution in [0.2, 0.25) is 0 Å². The first-order valence-corrected chi connectivity index (χ1v) is 8.89. The van der Waals surface area contributed by atoms with E-state index in [-0.39, 0.29) is 11.5 Å². The lowest BCUT2D eigenvalue weighted by atomic mass is 10.0. The molecule has 0 saturated heterocycles. The fourth-order valence-corrected chi connectivity index (χ4v) is 3.11. The topological polar surface area (TPSA) is 49.3 Å². The maximum Gasteiger partial charge on any atom is 0.189 e. The number of carbonyl (C=O) groups excluding carboxylic acids is 1. The number of aromatic hydroxyl groups is 1. The van der Waals surface area contributed by atoms with Gasteiger partial charge < -0.3 is 10.4 Å². The summed E-state index contributed by atoms with van der Waals surface area (Å²) in [6.07, 6.45) is 3.27. The first kappa shape index (κ1) is 17.0. The standard InChI is InChI=1S/C21H19NO2S/c1-15-5-2-3-7-19(15)22-14-16-8-10-20(23)18(13-16)21(24)11-9-17-6-4-12-25-17/h2-13,22-23H,14H2,1H3/b11-9+. The number of rotatable bonds is 6. The lowest BCUT2D eigenvalue weighted by molar-refractivity contribution is 0.104. The molecule has 3 aromatic rings. The fraction of sp³-hybridized carbons (Fsp3) is 0.0952. The van der Waals surface area contributed by atoms with Gasteiger partial charge in [-0.15, -0.1) is 11.3 Å². The highest BCUT2D eigenvalue weighted by Gasteiger charge is 2.10. The molecule has 0 bridgehead atoms. The van der Waals surface area contributed by atoms with E-state index in [0.717, 1.165) is 21.7 Å². The molecule has 0 atom stereocenters. The lowest BCUT2D eigenvalue weighted by Gasteiger charge is -2.10. The minimum Gasteiger partial charge on any atom is -0.507 e. The average molecular weight is 349 g/mol. The van der Waals surface area contributed by atoms with E-state index in [4.69, 9.17) is 0 Å². The molecule has 0 saturated carbocycles. The zero-order chi connectivity index (χ0) is 17.6. The van der Waals surface area contributed by atoms with Crippen molar-refractivity contribution in [2.45, 2.75) is 13.5 Å². The third-order valence-electron chi connectivity index (χ3n) is 3.90. The van der Waals surface area contributed by atoms with E-state index in [0.29, 0.717) is 12.1 Å². The predicted molar refractivity (Wildman–Crippen MR) is 104 cm³/mol. The van der Waals surface area contributed by atoms with E-state index in [2.05, 4.69) is 5.32 Å². The van der Waals surface area contributed by atoms with Gasteiger partial charge in [0, 0.05) is 17.1 Å². The second-order valence-electron chi connectivity index (χ2n) is 5.73. The molecular weight excluding hydrogens is 330 g/mol. The monoisotopic (exact) mass is 349 g/mol. The van der Waals surface area contributed by atoms with E-state index in [9.17, 15) is 9.90 Å². The molecule has 0 spiro atoms. The van der Waals surface area contributed by atoms with Crippen molar-refractivity contribution >= 4 is 28.9 Å². The number of allylic oxidation sites excluding steroid dienone is 1. The van der Waals surface area contributed by atoms with Gasteiger partial charge >= 0.3 is 0 Å². The van der Waals surface area contributed by atoms with Crippen molar-refractivity contribution in [1.82, 2.24) is 0 Å². The van der Waals surface area contributed by atoms with E-state index >= 15 is 0 Å². The van der Waals surface area contributed by atoms with Crippen LogP contribution in [0.15, 0.2) is 66.1 Å². The summed E-state index contributed by atoms with van der Waals surface area (Å²) < 4.78 is 0. The zero-order valence-electron chi connectivity index (χ0n) is 13.9. The van der Waals surface area contributed by atoms with Gasteiger partial charge in [-0.25, -0.2) is 0 Å². The van der Waals surface area contributed by atoms with Crippen LogP contribution >= 0.6 is 11.3 Å². The van der Waals surface area contributed by atoms with Crippen molar-refractivity contribution in [3.8, 4) is 5.75 Å². The van der Waals surface area contributed by atoms with Crippen molar-refractivity contribution in [2.75, 3.05) is 5.32 Å². The minimum absolute atomic E-state index is 0.000436. The minimum atomic E-state index is -0.205. The molecule has 0 aliphatic rings. The van der Waals surface area contributed by atoms with Crippen LogP contribution < -0.4 is 5.32 Å². The van der Waals surface area contributed by atoms with Crippen molar-refractivity contribution in [3.05, 3.63) is 87.6 Å². The van der Waals surface area contributed by atoms with Gasteiger partial charge in [0.2, 0.25) is 0 Å². The molecule has 2 N–H and O–H groups in total. The molecule has 1 aromatic heterocycles. The lowest BCUT2D eigenvalue weighted by Crippen LogP contribution is -2.03. The highest BCUT2D eigenvalue weighted by atomic mass is 32.1. The number of phenols is 1. The Bertz CT molecular complexity index is 898. The Hall–Kier alpha value is -2.85. The molecule has 126 valence electrons. The zero-order valence-corrected chi connectivity index (χ0v) is 14.7.